The molecule has 8 heteroatoms. The molecule has 142 valence electrons. The van der Waals surface area contributed by atoms with Gasteiger partial charge in [0, 0.05) is 10.8 Å². The molecule has 6 nitrogen and oxygen atoms in total. The summed E-state index contributed by atoms with van der Waals surface area (Å²) in [5.41, 5.74) is 4.05. The summed E-state index contributed by atoms with van der Waals surface area (Å²) in [7, 11) is 0. The zero-order valence-corrected chi connectivity index (χ0v) is 16.7. The van der Waals surface area contributed by atoms with Gasteiger partial charge in [0.2, 0.25) is 5.16 Å². The molecule has 0 fully saturated rings. The second-order valence-corrected chi connectivity index (χ2v) is 7.58. The van der Waals surface area contributed by atoms with Gasteiger partial charge in [0.1, 0.15) is 0 Å². The highest BCUT2D eigenvalue weighted by molar-refractivity contribution is 7.99. The van der Waals surface area contributed by atoms with Crippen molar-refractivity contribution in [3.63, 3.8) is 0 Å². The van der Waals surface area contributed by atoms with Crippen molar-refractivity contribution in [3.05, 3.63) is 64.2 Å². The maximum Gasteiger partial charge on any atom is 0.214 e. The summed E-state index contributed by atoms with van der Waals surface area (Å²) in [4.78, 5) is 0. The molecule has 0 unspecified atom stereocenters. The number of aliphatic hydroxyl groups is 1. The van der Waals surface area contributed by atoms with Crippen LogP contribution in [0.1, 0.15) is 16.7 Å². The molecular formula is C19H21ClN4O2S. The molecule has 27 heavy (non-hydrogen) atoms. The molecular weight excluding hydrogens is 384 g/mol. The summed E-state index contributed by atoms with van der Waals surface area (Å²) in [5.74, 6) is 0.424. The number of benzene rings is 2. The van der Waals surface area contributed by atoms with E-state index >= 15 is 0 Å². The largest absolute Gasteiger partial charge is 0.390 e. The van der Waals surface area contributed by atoms with E-state index in [1.807, 2.05) is 56.3 Å². The molecule has 0 aliphatic heterocycles. The Labute approximate surface area is 167 Å². The number of tetrazole rings is 1. The maximum absolute atomic E-state index is 10.2. The van der Waals surface area contributed by atoms with Gasteiger partial charge >= 0.3 is 0 Å². The van der Waals surface area contributed by atoms with E-state index in [-0.39, 0.29) is 6.61 Å². The molecule has 1 aromatic heterocycles. The van der Waals surface area contributed by atoms with Crippen LogP contribution in [0.4, 0.5) is 0 Å². The van der Waals surface area contributed by atoms with Crippen LogP contribution in [-0.4, -0.2) is 43.8 Å². The molecule has 3 aromatic rings. The van der Waals surface area contributed by atoms with Crippen molar-refractivity contribution < 1.29 is 9.84 Å². The fraction of sp³-hybridized carbons (Fsp3) is 0.316. The standard InChI is InChI=1S/C19H21ClN4O2S/c1-13-6-5-7-14(2)18(13)24-19(21-22-23-24)27-12-16(25)11-26-10-15-8-3-4-9-17(15)20/h3-9,16,25H,10-12H2,1-2H3/t16-/m0/s1. The lowest BCUT2D eigenvalue weighted by Crippen LogP contribution is -2.18. The van der Waals surface area contributed by atoms with Crippen molar-refractivity contribution in [1.82, 2.24) is 20.2 Å². The van der Waals surface area contributed by atoms with E-state index in [1.165, 1.54) is 11.8 Å². The number of aromatic nitrogens is 4. The van der Waals surface area contributed by atoms with Crippen molar-refractivity contribution in [1.29, 1.82) is 0 Å². The fourth-order valence-electron chi connectivity index (χ4n) is 2.69. The summed E-state index contributed by atoms with van der Waals surface area (Å²) >= 11 is 7.49. The third-order valence-corrected chi connectivity index (χ3v) is 5.46. The molecule has 2 aromatic carbocycles. The number of hydrogen-bond donors (Lipinski definition) is 1. The Balaban J connectivity index is 1.55. The highest BCUT2D eigenvalue weighted by Gasteiger charge is 2.15. The van der Waals surface area contributed by atoms with Gasteiger partial charge in [0.05, 0.1) is 25.0 Å². The molecule has 0 bridgehead atoms. The Kier molecular flexibility index (Phi) is 6.84. The smallest absolute Gasteiger partial charge is 0.214 e. The van der Waals surface area contributed by atoms with Gasteiger partial charge < -0.3 is 9.84 Å². The Hall–Kier alpha value is -1.93. The maximum atomic E-state index is 10.2. The summed E-state index contributed by atoms with van der Waals surface area (Å²) in [6.45, 7) is 4.62. The van der Waals surface area contributed by atoms with Gasteiger partial charge in [-0.05, 0) is 47.0 Å². The second kappa shape index (κ2) is 9.32. The Morgan fingerprint density at radius 1 is 1.15 bits per heavy atom. The van der Waals surface area contributed by atoms with Crippen molar-refractivity contribution in [2.24, 2.45) is 0 Å². The first-order valence-electron chi connectivity index (χ1n) is 8.53. The van der Waals surface area contributed by atoms with E-state index in [1.54, 1.807) is 4.68 Å². The van der Waals surface area contributed by atoms with Gasteiger partial charge in [0.25, 0.3) is 0 Å². The summed E-state index contributed by atoms with van der Waals surface area (Å²) in [6, 6.07) is 13.6. The lowest BCUT2D eigenvalue weighted by molar-refractivity contribution is 0.0398. The molecule has 0 saturated carbocycles. The van der Waals surface area contributed by atoms with E-state index in [0.29, 0.717) is 22.5 Å². The van der Waals surface area contributed by atoms with Crippen LogP contribution in [-0.2, 0) is 11.3 Å². The van der Waals surface area contributed by atoms with Crippen LogP contribution in [0.2, 0.25) is 5.02 Å². The molecule has 0 aliphatic carbocycles. The summed E-state index contributed by atoms with van der Waals surface area (Å²) in [6.07, 6.45) is -0.638. The third kappa shape index (κ3) is 5.07. The van der Waals surface area contributed by atoms with Gasteiger partial charge in [0.15, 0.2) is 0 Å². The third-order valence-electron chi connectivity index (χ3n) is 4.02. The quantitative estimate of drug-likeness (QED) is 0.578. The van der Waals surface area contributed by atoms with Crippen LogP contribution in [0.25, 0.3) is 5.69 Å². The first kappa shape index (κ1) is 19.8. The average molecular weight is 405 g/mol. The Bertz CT molecular complexity index is 883. The molecule has 0 amide bonds. The number of nitrogens with zero attached hydrogens (tertiary/aromatic N) is 4. The number of aliphatic hydroxyl groups excluding tert-OH is 1. The number of hydrogen-bond acceptors (Lipinski definition) is 6. The van der Waals surface area contributed by atoms with E-state index in [2.05, 4.69) is 15.5 Å². The molecule has 3 rings (SSSR count). The fourth-order valence-corrected chi connectivity index (χ4v) is 3.66. The van der Waals surface area contributed by atoms with Gasteiger partial charge in [-0.3, -0.25) is 0 Å². The van der Waals surface area contributed by atoms with Gasteiger partial charge in [-0.2, -0.15) is 4.68 Å². The van der Waals surface area contributed by atoms with Crippen LogP contribution < -0.4 is 0 Å². The molecule has 1 atom stereocenters. The first-order chi connectivity index (χ1) is 13.1. The number of rotatable bonds is 8. The lowest BCUT2D eigenvalue weighted by atomic mass is 10.1. The van der Waals surface area contributed by atoms with Crippen molar-refractivity contribution >= 4 is 23.4 Å². The minimum atomic E-state index is -0.638. The molecule has 0 radical (unpaired) electrons. The van der Waals surface area contributed by atoms with Crippen molar-refractivity contribution in [3.8, 4) is 5.69 Å². The van der Waals surface area contributed by atoms with Crippen LogP contribution in [0.3, 0.4) is 0 Å². The van der Waals surface area contributed by atoms with E-state index in [9.17, 15) is 5.11 Å². The molecule has 1 N–H and O–H groups in total. The minimum Gasteiger partial charge on any atom is -0.390 e. The predicted octanol–water partition coefficient (Wildman–Crippen LogP) is 3.60. The average Bonchev–Trinajstić information content (AvgIpc) is 3.10. The highest BCUT2D eigenvalue weighted by Crippen LogP contribution is 2.24. The van der Waals surface area contributed by atoms with Crippen LogP contribution in [0.15, 0.2) is 47.6 Å². The van der Waals surface area contributed by atoms with Gasteiger partial charge in [-0.1, -0.05) is 59.8 Å². The second-order valence-electron chi connectivity index (χ2n) is 6.19. The first-order valence-corrected chi connectivity index (χ1v) is 9.89. The Morgan fingerprint density at radius 3 is 2.63 bits per heavy atom. The molecule has 1 heterocycles. The normalized spacial score (nSPS) is 12.3. The van der Waals surface area contributed by atoms with Gasteiger partial charge in [-0.25, -0.2) is 0 Å². The van der Waals surface area contributed by atoms with Crippen molar-refractivity contribution in [2.75, 3.05) is 12.4 Å². The number of aryl methyl sites for hydroxylation is 2. The number of halogens is 1. The minimum absolute atomic E-state index is 0.211. The predicted molar refractivity (Wildman–Crippen MR) is 106 cm³/mol. The number of ether oxygens (including phenoxy) is 1. The number of para-hydroxylation sites is 1. The zero-order valence-electron chi connectivity index (χ0n) is 15.2. The molecule has 0 aliphatic rings. The lowest BCUT2D eigenvalue weighted by Gasteiger charge is -2.13. The molecule has 0 saturated heterocycles. The topological polar surface area (TPSA) is 73.1 Å². The van der Waals surface area contributed by atoms with Crippen molar-refractivity contribution in [2.45, 2.75) is 31.7 Å². The Morgan fingerprint density at radius 2 is 1.89 bits per heavy atom. The monoisotopic (exact) mass is 404 g/mol. The number of thioether (sulfide) groups is 1. The SMILES string of the molecule is Cc1cccc(C)c1-n1nnnc1SC[C@@H](O)COCc1ccccc1Cl. The van der Waals surface area contributed by atoms with Crippen LogP contribution in [0.5, 0.6) is 0 Å². The summed E-state index contributed by atoms with van der Waals surface area (Å²) < 4.78 is 7.29. The van der Waals surface area contributed by atoms with Gasteiger partial charge in [-0.15, -0.1) is 5.10 Å². The van der Waals surface area contributed by atoms with E-state index in [4.69, 9.17) is 16.3 Å². The highest BCUT2D eigenvalue weighted by atomic mass is 35.5. The van der Waals surface area contributed by atoms with Crippen LogP contribution >= 0.6 is 23.4 Å². The summed E-state index contributed by atoms with van der Waals surface area (Å²) in [5, 5.41) is 23.5. The zero-order chi connectivity index (χ0) is 19.2. The van der Waals surface area contributed by atoms with E-state index in [0.717, 1.165) is 22.4 Å². The van der Waals surface area contributed by atoms with Crippen LogP contribution in [0, 0.1) is 13.8 Å². The molecule has 0 spiro atoms. The van der Waals surface area contributed by atoms with E-state index < -0.39 is 6.10 Å².